The van der Waals surface area contributed by atoms with Crippen LogP contribution >= 0.6 is 0 Å². The molecule has 3 heteroatoms. The lowest BCUT2D eigenvalue weighted by atomic mass is 10.1. The van der Waals surface area contributed by atoms with E-state index in [-0.39, 0.29) is 5.91 Å². The van der Waals surface area contributed by atoms with Crippen LogP contribution in [0.15, 0.2) is 42.5 Å². The summed E-state index contributed by atoms with van der Waals surface area (Å²) in [6.07, 6.45) is 0. The minimum absolute atomic E-state index is 0.0111. The summed E-state index contributed by atoms with van der Waals surface area (Å²) in [4.78, 5) is 13.4. The summed E-state index contributed by atoms with van der Waals surface area (Å²) in [6.45, 7) is 4.59. The van der Waals surface area contributed by atoms with Crippen molar-refractivity contribution in [2.75, 3.05) is 14.1 Å². The van der Waals surface area contributed by atoms with Gasteiger partial charge in [0, 0.05) is 19.7 Å². The minimum atomic E-state index is 0.0111. The first-order chi connectivity index (χ1) is 9.97. The monoisotopic (exact) mass is 283 g/mol. The number of hydrogen-bond acceptors (Lipinski definition) is 2. The quantitative estimate of drug-likeness (QED) is 0.858. The van der Waals surface area contributed by atoms with E-state index in [1.807, 2.05) is 44.2 Å². The second-order valence-electron chi connectivity index (χ2n) is 5.45. The molecule has 0 fully saturated rings. The van der Waals surface area contributed by atoms with Gasteiger partial charge in [-0.05, 0) is 48.7 Å². The summed E-state index contributed by atoms with van der Waals surface area (Å²) < 4.78 is 5.86. The molecule has 2 aromatic carbocycles. The fourth-order valence-corrected chi connectivity index (χ4v) is 2.03. The van der Waals surface area contributed by atoms with Gasteiger partial charge in [-0.2, -0.15) is 0 Å². The average Bonchev–Trinajstić information content (AvgIpc) is 2.48. The highest BCUT2D eigenvalue weighted by Gasteiger charge is 2.07. The number of carbonyl (C=O) groups is 1. The van der Waals surface area contributed by atoms with Crippen LogP contribution in [0.1, 0.15) is 27.0 Å². The van der Waals surface area contributed by atoms with Crippen LogP contribution in [-0.4, -0.2) is 24.9 Å². The highest BCUT2D eigenvalue weighted by atomic mass is 16.5. The van der Waals surface area contributed by atoms with E-state index < -0.39 is 0 Å². The molecule has 3 nitrogen and oxygen atoms in total. The van der Waals surface area contributed by atoms with Gasteiger partial charge in [0.05, 0.1) is 0 Å². The number of benzene rings is 2. The zero-order valence-corrected chi connectivity index (χ0v) is 13.0. The Morgan fingerprint density at radius 3 is 2.33 bits per heavy atom. The second-order valence-corrected chi connectivity index (χ2v) is 5.45. The molecule has 0 aromatic heterocycles. The molecule has 0 bridgehead atoms. The number of hydrogen-bond donors (Lipinski definition) is 0. The van der Waals surface area contributed by atoms with E-state index in [2.05, 4.69) is 12.1 Å². The van der Waals surface area contributed by atoms with Crippen molar-refractivity contribution in [1.82, 2.24) is 4.90 Å². The van der Waals surface area contributed by atoms with Crippen molar-refractivity contribution in [3.05, 3.63) is 64.7 Å². The molecule has 2 rings (SSSR count). The van der Waals surface area contributed by atoms with Crippen LogP contribution in [-0.2, 0) is 6.61 Å². The van der Waals surface area contributed by atoms with Crippen molar-refractivity contribution in [2.45, 2.75) is 20.5 Å². The number of nitrogens with zero attached hydrogens (tertiary/aromatic N) is 1. The molecule has 0 spiro atoms. The van der Waals surface area contributed by atoms with E-state index in [9.17, 15) is 4.79 Å². The molecule has 0 atom stereocenters. The highest BCUT2D eigenvalue weighted by molar-refractivity contribution is 5.93. The predicted molar refractivity (Wildman–Crippen MR) is 84.7 cm³/mol. The van der Waals surface area contributed by atoms with Crippen molar-refractivity contribution in [2.24, 2.45) is 0 Å². The molecule has 0 unspecified atom stereocenters. The highest BCUT2D eigenvalue weighted by Crippen LogP contribution is 2.20. The fraction of sp³-hybridized carbons (Fsp3) is 0.278. The molecule has 0 aliphatic carbocycles. The Morgan fingerprint density at radius 1 is 1.05 bits per heavy atom. The Labute approximate surface area is 126 Å². The molecule has 0 radical (unpaired) electrons. The maximum atomic E-state index is 11.8. The van der Waals surface area contributed by atoms with Gasteiger partial charge in [-0.15, -0.1) is 0 Å². The maximum absolute atomic E-state index is 11.8. The van der Waals surface area contributed by atoms with Crippen LogP contribution in [0.4, 0.5) is 0 Å². The zero-order chi connectivity index (χ0) is 15.4. The molecule has 0 N–H and O–H groups in total. The SMILES string of the molecule is Cc1ccc(C)c(OCc2ccc(C(=O)N(C)C)cc2)c1. The molecule has 0 saturated heterocycles. The third kappa shape index (κ3) is 3.85. The summed E-state index contributed by atoms with van der Waals surface area (Å²) in [7, 11) is 3.50. The first kappa shape index (κ1) is 15.1. The molecule has 110 valence electrons. The van der Waals surface area contributed by atoms with Gasteiger partial charge in [0.2, 0.25) is 0 Å². The van der Waals surface area contributed by atoms with Crippen molar-refractivity contribution >= 4 is 5.91 Å². The van der Waals surface area contributed by atoms with Gasteiger partial charge in [-0.3, -0.25) is 4.79 Å². The molecule has 0 heterocycles. The van der Waals surface area contributed by atoms with Crippen LogP contribution < -0.4 is 4.74 Å². The normalized spacial score (nSPS) is 10.3. The van der Waals surface area contributed by atoms with Gasteiger partial charge in [0.1, 0.15) is 12.4 Å². The van der Waals surface area contributed by atoms with Gasteiger partial charge in [-0.1, -0.05) is 24.3 Å². The van der Waals surface area contributed by atoms with Crippen LogP contribution in [0, 0.1) is 13.8 Å². The Morgan fingerprint density at radius 2 is 1.71 bits per heavy atom. The van der Waals surface area contributed by atoms with Crippen LogP contribution in [0.3, 0.4) is 0 Å². The largest absolute Gasteiger partial charge is 0.489 e. The number of amides is 1. The van der Waals surface area contributed by atoms with E-state index in [4.69, 9.17) is 4.74 Å². The molecule has 0 saturated carbocycles. The Hall–Kier alpha value is -2.29. The van der Waals surface area contributed by atoms with Crippen LogP contribution in [0.25, 0.3) is 0 Å². The fourth-order valence-electron chi connectivity index (χ4n) is 2.03. The van der Waals surface area contributed by atoms with Crippen molar-refractivity contribution in [3.8, 4) is 5.75 Å². The van der Waals surface area contributed by atoms with Crippen LogP contribution in [0.2, 0.25) is 0 Å². The molecule has 0 aliphatic heterocycles. The summed E-state index contributed by atoms with van der Waals surface area (Å²) in [5.41, 5.74) is 4.05. The summed E-state index contributed by atoms with van der Waals surface area (Å²) in [5, 5.41) is 0. The van der Waals surface area contributed by atoms with E-state index >= 15 is 0 Å². The lowest BCUT2D eigenvalue weighted by Gasteiger charge is -2.12. The molecule has 0 aliphatic rings. The van der Waals surface area contributed by atoms with Gasteiger partial charge in [0.25, 0.3) is 5.91 Å². The van der Waals surface area contributed by atoms with Crippen molar-refractivity contribution in [3.63, 3.8) is 0 Å². The second kappa shape index (κ2) is 6.44. The molecule has 2 aromatic rings. The Kier molecular flexibility index (Phi) is 4.63. The van der Waals surface area contributed by atoms with Crippen molar-refractivity contribution < 1.29 is 9.53 Å². The van der Waals surface area contributed by atoms with Gasteiger partial charge >= 0.3 is 0 Å². The lowest BCUT2D eigenvalue weighted by Crippen LogP contribution is -2.21. The maximum Gasteiger partial charge on any atom is 0.253 e. The summed E-state index contributed by atoms with van der Waals surface area (Å²) >= 11 is 0. The van der Waals surface area contributed by atoms with E-state index in [1.54, 1.807) is 19.0 Å². The number of aryl methyl sites for hydroxylation is 2. The number of ether oxygens (including phenoxy) is 1. The molecular formula is C18H21NO2. The molecule has 21 heavy (non-hydrogen) atoms. The Balaban J connectivity index is 2.04. The topological polar surface area (TPSA) is 29.5 Å². The average molecular weight is 283 g/mol. The van der Waals surface area contributed by atoms with Crippen molar-refractivity contribution in [1.29, 1.82) is 0 Å². The van der Waals surface area contributed by atoms with Crippen LogP contribution in [0.5, 0.6) is 5.75 Å². The van der Waals surface area contributed by atoms with E-state index in [0.717, 1.165) is 16.9 Å². The van der Waals surface area contributed by atoms with Gasteiger partial charge < -0.3 is 9.64 Å². The minimum Gasteiger partial charge on any atom is -0.489 e. The molecule has 1 amide bonds. The smallest absolute Gasteiger partial charge is 0.253 e. The standard InChI is InChI=1S/C18H21NO2/c1-13-5-6-14(2)17(11-13)21-12-15-7-9-16(10-8-15)18(20)19(3)4/h5-11H,12H2,1-4H3. The lowest BCUT2D eigenvalue weighted by molar-refractivity contribution is 0.0827. The first-order valence-electron chi connectivity index (χ1n) is 6.98. The van der Waals surface area contributed by atoms with E-state index in [1.165, 1.54) is 5.56 Å². The van der Waals surface area contributed by atoms with Gasteiger partial charge in [-0.25, -0.2) is 0 Å². The third-order valence-corrected chi connectivity index (χ3v) is 3.35. The Bertz CT molecular complexity index is 630. The third-order valence-electron chi connectivity index (χ3n) is 3.35. The summed E-state index contributed by atoms with van der Waals surface area (Å²) in [6, 6.07) is 13.7. The first-order valence-corrected chi connectivity index (χ1v) is 6.98. The van der Waals surface area contributed by atoms with Gasteiger partial charge in [0.15, 0.2) is 0 Å². The number of rotatable bonds is 4. The number of carbonyl (C=O) groups excluding carboxylic acids is 1. The van der Waals surface area contributed by atoms with E-state index in [0.29, 0.717) is 12.2 Å². The molecular weight excluding hydrogens is 262 g/mol. The zero-order valence-electron chi connectivity index (χ0n) is 13.0. The summed E-state index contributed by atoms with van der Waals surface area (Å²) in [5.74, 6) is 0.917. The predicted octanol–water partition coefficient (Wildman–Crippen LogP) is 3.58.